The van der Waals surface area contributed by atoms with E-state index in [9.17, 15) is 0 Å². The molecule has 0 spiro atoms. The average Bonchev–Trinajstić information content (AvgIpc) is 2.41. The molecule has 0 aliphatic carbocycles. The summed E-state index contributed by atoms with van der Waals surface area (Å²) in [5, 5.41) is 4.10. The summed E-state index contributed by atoms with van der Waals surface area (Å²) < 4.78 is 0. The Morgan fingerprint density at radius 1 is 1.39 bits per heavy atom. The van der Waals surface area contributed by atoms with Crippen LogP contribution in [0, 0.1) is 0 Å². The Hall–Kier alpha value is -1.20. The van der Waals surface area contributed by atoms with Gasteiger partial charge in [-0.15, -0.1) is 0 Å². The van der Waals surface area contributed by atoms with E-state index in [-0.39, 0.29) is 0 Å². The average molecular weight is 264 g/mol. The Morgan fingerprint density at radius 3 is 2.78 bits per heavy atom. The van der Waals surface area contributed by atoms with Crippen molar-refractivity contribution in [3.63, 3.8) is 0 Å². The fraction of sp³-hybridized carbons (Fsp3) is 0.538. The van der Waals surface area contributed by atoms with Crippen LogP contribution in [0.4, 0.5) is 0 Å². The molecule has 0 bridgehead atoms. The Kier molecular flexibility index (Phi) is 4.90. The molecule has 2 heterocycles. The van der Waals surface area contributed by atoms with Crippen LogP contribution in [0.15, 0.2) is 24.5 Å². The van der Waals surface area contributed by atoms with Gasteiger partial charge >= 0.3 is 0 Å². The lowest BCUT2D eigenvalue weighted by Crippen LogP contribution is -2.51. The zero-order chi connectivity index (χ0) is 12.8. The summed E-state index contributed by atoms with van der Waals surface area (Å²) in [7, 11) is 0. The van der Waals surface area contributed by atoms with Gasteiger partial charge in [0.25, 0.3) is 0 Å². The van der Waals surface area contributed by atoms with Gasteiger partial charge in [0.15, 0.2) is 5.11 Å². The highest BCUT2D eigenvalue weighted by atomic mass is 32.1. The highest BCUT2D eigenvalue weighted by Crippen LogP contribution is 2.07. The van der Waals surface area contributed by atoms with Gasteiger partial charge in [0.05, 0.1) is 0 Å². The summed E-state index contributed by atoms with van der Waals surface area (Å²) in [6.45, 7) is 8.08. The van der Waals surface area contributed by atoms with Crippen LogP contribution in [-0.4, -0.2) is 52.6 Å². The van der Waals surface area contributed by atoms with Crippen molar-refractivity contribution in [1.82, 2.24) is 20.1 Å². The van der Waals surface area contributed by atoms with Gasteiger partial charge in [-0.25, -0.2) is 0 Å². The first-order valence-corrected chi connectivity index (χ1v) is 6.84. The summed E-state index contributed by atoms with van der Waals surface area (Å²) in [4.78, 5) is 8.84. The number of hydrogen-bond acceptors (Lipinski definition) is 3. The lowest BCUT2D eigenvalue weighted by molar-refractivity contribution is 0.174. The van der Waals surface area contributed by atoms with Gasteiger partial charge < -0.3 is 10.2 Å². The number of aromatic nitrogens is 1. The van der Waals surface area contributed by atoms with Gasteiger partial charge in [0.2, 0.25) is 0 Å². The van der Waals surface area contributed by atoms with Gasteiger partial charge in [-0.2, -0.15) is 0 Å². The molecule has 18 heavy (non-hydrogen) atoms. The lowest BCUT2D eigenvalue weighted by atomic mass is 10.2. The van der Waals surface area contributed by atoms with E-state index in [1.807, 2.05) is 18.5 Å². The quantitative estimate of drug-likeness (QED) is 0.826. The van der Waals surface area contributed by atoms with E-state index in [2.05, 4.69) is 33.1 Å². The third kappa shape index (κ3) is 3.65. The van der Waals surface area contributed by atoms with Crippen molar-refractivity contribution in [1.29, 1.82) is 0 Å². The van der Waals surface area contributed by atoms with Crippen LogP contribution in [0.2, 0.25) is 0 Å². The van der Waals surface area contributed by atoms with Crippen LogP contribution in [0.5, 0.6) is 0 Å². The van der Waals surface area contributed by atoms with Crippen LogP contribution >= 0.6 is 12.2 Å². The Bertz CT molecular complexity index is 374. The van der Waals surface area contributed by atoms with E-state index >= 15 is 0 Å². The number of pyridine rings is 1. The number of nitrogens with zero attached hydrogens (tertiary/aromatic N) is 3. The molecule has 0 unspecified atom stereocenters. The van der Waals surface area contributed by atoms with Crippen LogP contribution in [0.3, 0.4) is 0 Å². The van der Waals surface area contributed by atoms with E-state index < -0.39 is 0 Å². The molecule has 0 saturated carbocycles. The van der Waals surface area contributed by atoms with Gasteiger partial charge in [-0.3, -0.25) is 9.88 Å². The molecule has 1 N–H and O–H groups in total. The van der Waals surface area contributed by atoms with Gasteiger partial charge in [0.1, 0.15) is 0 Å². The van der Waals surface area contributed by atoms with E-state index in [4.69, 9.17) is 12.2 Å². The largest absolute Gasteiger partial charge is 0.363 e. The molecule has 1 aromatic rings. The molecule has 0 aromatic carbocycles. The zero-order valence-corrected chi connectivity index (χ0v) is 11.6. The second-order valence-electron chi connectivity index (χ2n) is 4.46. The Labute approximate surface area is 114 Å². The molecule has 4 nitrogen and oxygen atoms in total. The SMILES string of the molecule is CCNC(=S)N1CCN(Cc2cccnc2)CC1. The van der Waals surface area contributed by atoms with Crippen LogP contribution in [0.1, 0.15) is 12.5 Å². The molecule has 98 valence electrons. The third-order valence-electron chi connectivity index (χ3n) is 3.12. The fourth-order valence-electron chi connectivity index (χ4n) is 2.12. The lowest BCUT2D eigenvalue weighted by Gasteiger charge is -2.36. The molecule has 1 aliphatic heterocycles. The van der Waals surface area contributed by atoms with E-state index in [0.29, 0.717) is 0 Å². The van der Waals surface area contributed by atoms with E-state index in [1.54, 1.807) is 0 Å². The maximum Gasteiger partial charge on any atom is 0.169 e. The first-order chi connectivity index (χ1) is 8.79. The van der Waals surface area contributed by atoms with E-state index in [0.717, 1.165) is 44.4 Å². The van der Waals surface area contributed by atoms with Crippen LogP contribution < -0.4 is 5.32 Å². The molecule has 0 amide bonds. The minimum absolute atomic E-state index is 0.888. The van der Waals surface area contributed by atoms with Gasteiger partial charge in [0, 0.05) is 51.7 Å². The topological polar surface area (TPSA) is 31.4 Å². The van der Waals surface area contributed by atoms with Crippen molar-refractivity contribution < 1.29 is 0 Å². The Morgan fingerprint density at radius 2 is 2.17 bits per heavy atom. The molecule has 0 radical (unpaired) electrons. The maximum absolute atomic E-state index is 5.33. The first-order valence-electron chi connectivity index (χ1n) is 6.43. The molecule has 0 atom stereocenters. The predicted molar refractivity (Wildman–Crippen MR) is 77.4 cm³/mol. The standard InChI is InChI=1S/C13H20N4S/c1-2-15-13(18)17-8-6-16(7-9-17)11-12-4-3-5-14-10-12/h3-5,10H,2,6-9,11H2,1H3,(H,15,18). The highest BCUT2D eigenvalue weighted by molar-refractivity contribution is 7.80. The van der Waals surface area contributed by atoms with E-state index in [1.165, 1.54) is 5.56 Å². The molecule has 1 saturated heterocycles. The van der Waals surface area contributed by atoms with Crippen LogP contribution in [-0.2, 0) is 6.54 Å². The van der Waals surface area contributed by atoms with Crippen molar-refractivity contribution in [2.24, 2.45) is 0 Å². The summed E-state index contributed by atoms with van der Waals surface area (Å²) in [5.74, 6) is 0. The normalized spacial score (nSPS) is 16.6. The summed E-state index contributed by atoms with van der Waals surface area (Å²) in [5.41, 5.74) is 1.28. The van der Waals surface area contributed by atoms with Gasteiger partial charge in [-0.1, -0.05) is 6.07 Å². The second-order valence-corrected chi connectivity index (χ2v) is 4.85. The molecule has 1 aromatic heterocycles. The minimum atomic E-state index is 0.888. The number of hydrogen-bond donors (Lipinski definition) is 1. The molecule has 5 heteroatoms. The molecule has 1 fully saturated rings. The predicted octanol–water partition coefficient (Wildman–Crippen LogP) is 1.09. The highest BCUT2D eigenvalue weighted by Gasteiger charge is 2.18. The van der Waals surface area contributed by atoms with Crippen molar-refractivity contribution in [2.45, 2.75) is 13.5 Å². The summed E-state index contributed by atoms with van der Waals surface area (Å²) >= 11 is 5.33. The smallest absolute Gasteiger partial charge is 0.169 e. The number of piperazine rings is 1. The number of thiocarbonyl (C=S) groups is 1. The molecular weight excluding hydrogens is 244 g/mol. The Balaban J connectivity index is 1.78. The maximum atomic E-state index is 5.33. The van der Waals surface area contributed by atoms with Crippen LogP contribution in [0.25, 0.3) is 0 Å². The summed E-state index contributed by atoms with van der Waals surface area (Å²) in [6.07, 6.45) is 3.76. The van der Waals surface area contributed by atoms with Crippen molar-refractivity contribution in [2.75, 3.05) is 32.7 Å². The monoisotopic (exact) mass is 264 g/mol. The minimum Gasteiger partial charge on any atom is -0.363 e. The molecule has 2 rings (SSSR count). The fourth-order valence-corrected chi connectivity index (χ4v) is 2.45. The van der Waals surface area contributed by atoms with Crippen molar-refractivity contribution in [3.05, 3.63) is 30.1 Å². The number of nitrogens with one attached hydrogen (secondary N) is 1. The molecular formula is C13H20N4S. The number of rotatable bonds is 3. The molecule has 1 aliphatic rings. The zero-order valence-electron chi connectivity index (χ0n) is 10.8. The van der Waals surface area contributed by atoms with Crippen molar-refractivity contribution >= 4 is 17.3 Å². The van der Waals surface area contributed by atoms with Crippen molar-refractivity contribution in [3.8, 4) is 0 Å². The van der Waals surface area contributed by atoms with Gasteiger partial charge in [-0.05, 0) is 30.8 Å². The summed E-state index contributed by atoms with van der Waals surface area (Å²) in [6, 6.07) is 4.12. The first kappa shape index (κ1) is 13.2. The third-order valence-corrected chi connectivity index (χ3v) is 3.52. The second kappa shape index (κ2) is 6.66.